The molecular weight excluding hydrogens is 236 g/mol. The van der Waals surface area contributed by atoms with Crippen LogP contribution in [0.5, 0.6) is 0 Å². The second kappa shape index (κ2) is 5.88. The molecule has 1 saturated heterocycles. The zero-order valence-corrected chi connectivity index (χ0v) is 11.5. The highest BCUT2D eigenvalue weighted by Crippen LogP contribution is 2.25. The number of likely N-dealkylation sites (tertiary alicyclic amines) is 1. The lowest BCUT2D eigenvalue weighted by Gasteiger charge is -2.24. The Morgan fingerprint density at radius 3 is 2.63 bits per heavy atom. The van der Waals surface area contributed by atoms with Crippen LogP contribution >= 0.6 is 0 Å². The average Bonchev–Trinajstić information content (AvgIpc) is 2.75. The van der Waals surface area contributed by atoms with Gasteiger partial charge in [-0.25, -0.2) is 0 Å². The van der Waals surface area contributed by atoms with E-state index in [2.05, 4.69) is 19.9 Å². The molecule has 1 aliphatic rings. The van der Waals surface area contributed by atoms with E-state index >= 15 is 0 Å². The van der Waals surface area contributed by atoms with Crippen molar-refractivity contribution in [3.8, 4) is 6.07 Å². The number of nitriles is 1. The van der Waals surface area contributed by atoms with Gasteiger partial charge in [-0.3, -0.25) is 4.79 Å². The molecule has 3 unspecified atom stereocenters. The first-order valence-corrected chi connectivity index (χ1v) is 6.86. The third-order valence-corrected chi connectivity index (χ3v) is 3.80. The van der Waals surface area contributed by atoms with E-state index in [4.69, 9.17) is 0 Å². The Hall–Kier alpha value is -1.82. The van der Waals surface area contributed by atoms with Crippen molar-refractivity contribution in [2.45, 2.75) is 32.7 Å². The molecule has 3 atom stereocenters. The summed E-state index contributed by atoms with van der Waals surface area (Å²) in [7, 11) is 0. The number of nitrogens with zero attached hydrogens (tertiary/aromatic N) is 2. The fourth-order valence-corrected chi connectivity index (χ4v) is 2.85. The molecule has 1 heterocycles. The molecule has 0 radical (unpaired) electrons. The largest absolute Gasteiger partial charge is 0.339 e. The molecule has 1 fully saturated rings. The second-order valence-electron chi connectivity index (χ2n) is 5.55. The number of amides is 1. The zero-order chi connectivity index (χ0) is 13.8. The monoisotopic (exact) mass is 256 g/mol. The van der Waals surface area contributed by atoms with Crippen LogP contribution in [0.1, 0.15) is 25.8 Å². The molecule has 100 valence electrons. The molecule has 1 amide bonds. The Labute approximate surface area is 114 Å². The van der Waals surface area contributed by atoms with Gasteiger partial charge in [-0.1, -0.05) is 37.3 Å². The zero-order valence-electron chi connectivity index (χ0n) is 11.5. The van der Waals surface area contributed by atoms with Crippen LogP contribution in [0.4, 0.5) is 0 Å². The SMILES string of the molecule is CC1CC(C)N(C(=O)C(C#N)Cc2ccccc2)C1. The van der Waals surface area contributed by atoms with E-state index in [1.165, 1.54) is 0 Å². The quantitative estimate of drug-likeness (QED) is 0.834. The number of hydrogen-bond donors (Lipinski definition) is 0. The van der Waals surface area contributed by atoms with Gasteiger partial charge in [0.1, 0.15) is 5.92 Å². The molecule has 0 spiro atoms. The highest BCUT2D eigenvalue weighted by atomic mass is 16.2. The van der Waals surface area contributed by atoms with Crippen LogP contribution in [0.25, 0.3) is 0 Å². The summed E-state index contributed by atoms with van der Waals surface area (Å²) >= 11 is 0. The lowest BCUT2D eigenvalue weighted by atomic mass is 9.99. The Kier molecular flexibility index (Phi) is 4.21. The summed E-state index contributed by atoms with van der Waals surface area (Å²) in [5.74, 6) is -0.0339. The number of benzene rings is 1. The van der Waals surface area contributed by atoms with E-state index in [0.717, 1.165) is 18.5 Å². The fraction of sp³-hybridized carbons (Fsp3) is 0.500. The number of carbonyl (C=O) groups excluding carboxylic acids is 1. The molecular formula is C16H20N2O. The van der Waals surface area contributed by atoms with Crippen LogP contribution in [0.2, 0.25) is 0 Å². The molecule has 0 bridgehead atoms. The van der Waals surface area contributed by atoms with Crippen molar-refractivity contribution in [2.24, 2.45) is 11.8 Å². The van der Waals surface area contributed by atoms with Crippen LogP contribution in [0.15, 0.2) is 30.3 Å². The molecule has 1 aromatic carbocycles. The summed E-state index contributed by atoms with van der Waals surface area (Å²) in [4.78, 5) is 14.3. The van der Waals surface area contributed by atoms with Crippen molar-refractivity contribution >= 4 is 5.91 Å². The summed E-state index contributed by atoms with van der Waals surface area (Å²) in [5, 5.41) is 9.27. The normalized spacial score (nSPS) is 23.9. The number of hydrogen-bond acceptors (Lipinski definition) is 2. The van der Waals surface area contributed by atoms with E-state index in [9.17, 15) is 10.1 Å². The minimum absolute atomic E-state index is 0.0109. The molecule has 3 nitrogen and oxygen atoms in total. The van der Waals surface area contributed by atoms with Crippen LogP contribution in [0.3, 0.4) is 0 Å². The van der Waals surface area contributed by atoms with Gasteiger partial charge in [-0.05, 0) is 31.2 Å². The predicted molar refractivity (Wildman–Crippen MR) is 74.2 cm³/mol. The molecule has 19 heavy (non-hydrogen) atoms. The highest BCUT2D eigenvalue weighted by molar-refractivity contribution is 5.82. The van der Waals surface area contributed by atoms with Crippen molar-refractivity contribution in [3.63, 3.8) is 0 Å². The maximum absolute atomic E-state index is 12.4. The molecule has 1 aliphatic heterocycles. The first-order valence-electron chi connectivity index (χ1n) is 6.86. The van der Waals surface area contributed by atoms with Gasteiger partial charge >= 0.3 is 0 Å². The van der Waals surface area contributed by atoms with Gasteiger partial charge in [0.05, 0.1) is 6.07 Å². The summed E-state index contributed by atoms with van der Waals surface area (Å²) in [5.41, 5.74) is 1.04. The summed E-state index contributed by atoms with van der Waals surface area (Å²) in [6.45, 7) is 5.01. The van der Waals surface area contributed by atoms with Crippen LogP contribution in [0, 0.1) is 23.2 Å². The first-order chi connectivity index (χ1) is 9.11. The number of carbonyl (C=O) groups is 1. The van der Waals surface area contributed by atoms with Crippen LogP contribution in [-0.2, 0) is 11.2 Å². The minimum atomic E-state index is -0.560. The summed E-state index contributed by atoms with van der Waals surface area (Å²) < 4.78 is 0. The first kappa shape index (κ1) is 13.6. The standard InChI is InChI=1S/C16H20N2O/c1-12-8-13(2)18(11-12)16(19)15(10-17)9-14-6-4-3-5-7-14/h3-7,12-13,15H,8-9,11H2,1-2H3. The van der Waals surface area contributed by atoms with Crippen molar-refractivity contribution in [3.05, 3.63) is 35.9 Å². The molecule has 0 saturated carbocycles. The lowest BCUT2D eigenvalue weighted by molar-refractivity contribution is -0.134. The minimum Gasteiger partial charge on any atom is -0.339 e. The molecule has 2 rings (SSSR count). The van der Waals surface area contributed by atoms with Gasteiger partial charge in [-0.2, -0.15) is 5.26 Å². The van der Waals surface area contributed by atoms with Gasteiger partial charge in [0.2, 0.25) is 5.91 Å². The topological polar surface area (TPSA) is 44.1 Å². The smallest absolute Gasteiger partial charge is 0.240 e. The maximum Gasteiger partial charge on any atom is 0.240 e. The van der Waals surface area contributed by atoms with Gasteiger partial charge in [0.25, 0.3) is 0 Å². The van der Waals surface area contributed by atoms with Gasteiger partial charge in [0, 0.05) is 12.6 Å². The third-order valence-electron chi connectivity index (χ3n) is 3.80. The molecule has 0 aromatic heterocycles. The number of rotatable bonds is 3. The van der Waals surface area contributed by atoms with E-state index in [-0.39, 0.29) is 11.9 Å². The Balaban J connectivity index is 2.06. The Bertz CT molecular complexity index is 477. The second-order valence-corrected chi connectivity index (χ2v) is 5.55. The molecule has 0 N–H and O–H groups in total. The molecule has 1 aromatic rings. The highest BCUT2D eigenvalue weighted by Gasteiger charge is 2.33. The van der Waals surface area contributed by atoms with Crippen molar-refractivity contribution < 1.29 is 4.79 Å². The van der Waals surface area contributed by atoms with Crippen molar-refractivity contribution in [1.29, 1.82) is 5.26 Å². The van der Waals surface area contributed by atoms with Crippen LogP contribution in [-0.4, -0.2) is 23.4 Å². The maximum atomic E-state index is 12.4. The van der Waals surface area contributed by atoms with Gasteiger partial charge < -0.3 is 4.90 Å². The third kappa shape index (κ3) is 3.14. The Morgan fingerprint density at radius 1 is 1.42 bits per heavy atom. The average molecular weight is 256 g/mol. The van der Waals surface area contributed by atoms with E-state index in [1.54, 1.807) is 0 Å². The summed E-state index contributed by atoms with van der Waals surface area (Å²) in [6.07, 6.45) is 1.54. The van der Waals surface area contributed by atoms with Crippen LogP contribution < -0.4 is 0 Å². The lowest BCUT2D eigenvalue weighted by Crippen LogP contribution is -2.38. The van der Waals surface area contributed by atoms with Crippen molar-refractivity contribution in [2.75, 3.05) is 6.54 Å². The van der Waals surface area contributed by atoms with E-state index in [0.29, 0.717) is 12.3 Å². The van der Waals surface area contributed by atoms with E-state index in [1.807, 2.05) is 35.2 Å². The van der Waals surface area contributed by atoms with Gasteiger partial charge in [-0.15, -0.1) is 0 Å². The summed E-state index contributed by atoms with van der Waals surface area (Å²) in [6, 6.07) is 12.2. The van der Waals surface area contributed by atoms with Gasteiger partial charge in [0.15, 0.2) is 0 Å². The Morgan fingerprint density at radius 2 is 2.11 bits per heavy atom. The fourth-order valence-electron chi connectivity index (χ4n) is 2.85. The van der Waals surface area contributed by atoms with E-state index < -0.39 is 5.92 Å². The molecule has 0 aliphatic carbocycles. The molecule has 3 heteroatoms. The predicted octanol–water partition coefficient (Wildman–Crippen LogP) is 2.63. The van der Waals surface area contributed by atoms with Crippen molar-refractivity contribution in [1.82, 2.24) is 4.90 Å².